The molecule has 1 aromatic heterocycles. The van der Waals surface area contributed by atoms with Crippen LogP contribution in [0.3, 0.4) is 0 Å². The molecular weight excluding hydrogens is 280 g/mol. The molecule has 0 radical (unpaired) electrons. The van der Waals surface area contributed by atoms with Crippen LogP contribution in [0.4, 0.5) is 0 Å². The van der Waals surface area contributed by atoms with Gasteiger partial charge < -0.3 is 10.3 Å². The van der Waals surface area contributed by atoms with Crippen molar-refractivity contribution in [1.82, 2.24) is 10.3 Å². The number of aromatic nitrogens is 1. The Balaban J connectivity index is 1.74. The molecule has 21 heavy (non-hydrogen) atoms. The normalized spacial score (nSPS) is 10.7. The van der Waals surface area contributed by atoms with Gasteiger partial charge in [-0.2, -0.15) is 0 Å². The molecule has 1 heterocycles. The third-order valence-corrected chi connectivity index (χ3v) is 4.24. The summed E-state index contributed by atoms with van der Waals surface area (Å²) in [5, 5.41) is 4.02. The Morgan fingerprint density at radius 2 is 1.90 bits per heavy atom. The maximum atomic E-state index is 12.2. The quantitative estimate of drug-likeness (QED) is 0.719. The van der Waals surface area contributed by atoms with E-state index in [1.54, 1.807) is 11.8 Å². The average molecular weight is 296 g/mol. The highest BCUT2D eigenvalue weighted by Gasteiger charge is 2.09. The first-order chi connectivity index (χ1) is 10.3. The number of amides is 1. The SMILES string of the molecule is CSc1ccccc1CNC(=O)c1cc2ccccc2[nH]1. The molecule has 0 bridgehead atoms. The maximum absolute atomic E-state index is 12.2. The molecule has 0 aliphatic heterocycles. The van der Waals surface area contributed by atoms with Gasteiger partial charge in [0.25, 0.3) is 5.91 Å². The van der Waals surface area contributed by atoms with Crippen LogP contribution >= 0.6 is 11.8 Å². The molecule has 0 saturated heterocycles. The van der Waals surface area contributed by atoms with E-state index in [0.29, 0.717) is 12.2 Å². The number of H-pyrrole nitrogens is 1. The summed E-state index contributed by atoms with van der Waals surface area (Å²) in [7, 11) is 0. The predicted octanol–water partition coefficient (Wildman–Crippen LogP) is 3.82. The van der Waals surface area contributed by atoms with Gasteiger partial charge in [0.05, 0.1) is 0 Å². The molecule has 0 atom stereocenters. The topological polar surface area (TPSA) is 44.9 Å². The minimum absolute atomic E-state index is 0.0814. The number of hydrogen-bond donors (Lipinski definition) is 2. The molecule has 3 rings (SSSR count). The van der Waals surface area contributed by atoms with Crippen molar-refractivity contribution in [2.75, 3.05) is 6.26 Å². The van der Waals surface area contributed by atoms with E-state index >= 15 is 0 Å². The molecule has 3 nitrogen and oxygen atoms in total. The van der Waals surface area contributed by atoms with Gasteiger partial charge in [-0.05, 0) is 30.0 Å². The lowest BCUT2D eigenvalue weighted by molar-refractivity contribution is 0.0946. The summed E-state index contributed by atoms with van der Waals surface area (Å²) in [6, 6.07) is 17.9. The van der Waals surface area contributed by atoms with Crippen molar-refractivity contribution in [3.05, 3.63) is 65.9 Å². The fourth-order valence-electron chi connectivity index (χ4n) is 2.32. The zero-order chi connectivity index (χ0) is 14.7. The van der Waals surface area contributed by atoms with E-state index in [4.69, 9.17) is 0 Å². The van der Waals surface area contributed by atoms with Crippen molar-refractivity contribution < 1.29 is 4.79 Å². The second-order valence-electron chi connectivity index (χ2n) is 4.76. The lowest BCUT2D eigenvalue weighted by Crippen LogP contribution is -2.23. The summed E-state index contributed by atoms with van der Waals surface area (Å²) in [6.07, 6.45) is 2.04. The van der Waals surface area contributed by atoms with E-state index in [2.05, 4.69) is 16.4 Å². The third-order valence-electron chi connectivity index (χ3n) is 3.41. The highest BCUT2D eigenvalue weighted by atomic mass is 32.2. The number of fused-ring (bicyclic) bond motifs is 1. The summed E-state index contributed by atoms with van der Waals surface area (Å²) in [5.74, 6) is -0.0814. The van der Waals surface area contributed by atoms with E-state index in [1.807, 2.05) is 54.8 Å². The van der Waals surface area contributed by atoms with Crippen LogP contribution in [0.5, 0.6) is 0 Å². The molecule has 0 fully saturated rings. The molecule has 0 spiro atoms. The van der Waals surface area contributed by atoms with Gasteiger partial charge in [-0.3, -0.25) is 4.79 Å². The smallest absolute Gasteiger partial charge is 0.267 e. The lowest BCUT2D eigenvalue weighted by atomic mass is 10.2. The molecule has 2 N–H and O–H groups in total. The Bertz CT molecular complexity index is 746. The highest BCUT2D eigenvalue weighted by molar-refractivity contribution is 7.98. The highest BCUT2D eigenvalue weighted by Crippen LogP contribution is 2.20. The number of benzene rings is 2. The molecule has 106 valence electrons. The summed E-state index contributed by atoms with van der Waals surface area (Å²) >= 11 is 1.69. The fraction of sp³-hybridized carbons (Fsp3) is 0.118. The largest absolute Gasteiger partial charge is 0.351 e. The Kier molecular flexibility index (Phi) is 3.97. The number of para-hydroxylation sites is 1. The number of rotatable bonds is 4. The first kappa shape index (κ1) is 13.8. The number of nitrogens with one attached hydrogen (secondary N) is 2. The summed E-state index contributed by atoms with van der Waals surface area (Å²) in [5.41, 5.74) is 2.71. The van der Waals surface area contributed by atoms with Gasteiger partial charge in [0.15, 0.2) is 0 Å². The van der Waals surface area contributed by atoms with Crippen LogP contribution in [0.1, 0.15) is 16.1 Å². The summed E-state index contributed by atoms with van der Waals surface area (Å²) < 4.78 is 0. The van der Waals surface area contributed by atoms with Gasteiger partial charge in [0.2, 0.25) is 0 Å². The van der Waals surface area contributed by atoms with E-state index < -0.39 is 0 Å². The van der Waals surface area contributed by atoms with E-state index in [-0.39, 0.29) is 5.91 Å². The Morgan fingerprint density at radius 3 is 2.71 bits per heavy atom. The van der Waals surface area contributed by atoms with Crippen LogP contribution in [0.25, 0.3) is 10.9 Å². The number of hydrogen-bond acceptors (Lipinski definition) is 2. The predicted molar refractivity (Wildman–Crippen MR) is 87.7 cm³/mol. The zero-order valence-corrected chi connectivity index (χ0v) is 12.5. The standard InChI is InChI=1S/C17H16N2OS/c1-21-16-9-5-3-7-13(16)11-18-17(20)15-10-12-6-2-4-8-14(12)19-15/h2-10,19H,11H2,1H3,(H,18,20). The zero-order valence-electron chi connectivity index (χ0n) is 11.7. The van der Waals surface area contributed by atoms with Crippen LogP contribution in [0, 0.1) is 0 Å². The molecular formula is C17H16N2OS. The molecule has 1 amide bonds. The van der Waals surface area contributed by atoms with E-state index in [9.17, 15) is 4.79 Å². The lowest BCUT2D eigenvalue weighted by Gasteiger charge is -2.08. The second-order valence-corrected chi connectivity index (χ2v) is 5.61. The molecule has 2 aromatic carbocycles. The first-order valence-electron chi connectivity index (χ1n) is 6.76. The summed E-state index contributed by atoms with van der Waals surface area (Å²) in [4.78, 5) is 16.6. The Hall–Kier alpha value is -2.20. The number of thioether (sulfide) groups is 1. The number of aromatic amines is 1. The van der Waals surface area contributed by atoms with Gasteiger partial charge in [-0.15, -0.1) is 11.8 Å². The third kappa shape index (κ3) is 2.95. The van der Waals surface area contributed by atoms with Gasteiger partial charge in [0, 0.05) is 22.3 Å². The van der Waals surface area contributed by atoms with Crippen molar-refractivity contribution in [3.63, 3.8) is 0 Å². The van der Waals surface area contributed by atoms with Crippen LogP contribution < -0.4 is 5.32 Å². The Morgan fingerprint density at radius 1 is 1.14 bits per heavy atom. The van der Waals surface area contributed by atoms with E-state index in [1.165, 1.54) is 4.90 Å². The van der Waals surface area contributed by atoms with Gasteiger partial charge in [-0.25, -0.2) is 0 Å². The molecule has 0 aliphatic carbocycles. The Labute approximate surface area is 127 Å². The minimum atomic E-state index is -0.0814. The van der Waals surface area contributed by atoms with Crippen molar-refractivity contribution in [2.45, 2.75) is 11.4 Å². The van der Waals surface area contributed by atoms with E-state index in [0.717, 1.165) is 16.5 Å². The molecule has 4 heteroatoms. The van der Waals surface area contributed by atoms with Crippen LogP contribution in [-0.4, -0.2) is 17.1 Å². The van der Waals surface area contributed by atoms with Crippen molar-refractivity contribution >= 4 is 28.6 Å². The fourth-order valence-corrected chi connectivity index (χ4v) is 2.93. The van der Waals surface area contributed by atoms with Gasteiger partial charge in [-0.1, -0.05) is 36.4 Å². The van der Waals surface area contributed by atoms with Crippen molar-refractivity contribution in [1.29, 1.82) is 0 Å². The average Bonchev–Trinajstić information content (AvgIpc) is 2.97. The van der Waals surface area contributed by atoms with Crippen molar-refractivity contribution in [2.24, 2.45) is 0 Å². The first-order valence-corrected chi connectivity index (χ1v) is 7.98. The van der Waals surface area contributed by atoms with Gasteiger partial charge in [0.1, 0.15) is 5.69 Å². The molecule has 0 unspecified atom stereocenters. The van der Waals surface area contributed by atoms with Gasteiger partial charge >= 0.3 is 0 Å². The second kappa shape index (κ2) is 6.06. The van der Waals surface area contributed by atoms with Crippen molar-refractivity contribution in [3.8, 4) is 0 Å². The number of carbonyl (C=O) groups is 1. The molecule has 0 aliphatic rings. The maximum Gasteiger partial charge on any atom is 0.267 e. The van der Waals surface area contributed by atoms with Crippen LogP contribution in [-0.2, 0) is 6.54 Å². The minimum Gasteiger partial charge on any atom is -0.351 e. The number of carbonyl (C=O) groups excluding carboxylic acids is 1. The molecule has 3 aromatic rings. The molecule has 0 saturated carbocycles. The monoisotopic (exact) mass is 296 g/mol. The van der Waals surface area contributed by atoms with Crippen LogP contribution in [0.15, 0.2) is 59.5 Å². The summed E-state index contributed by atoms with van der Waals surface area (Å²) in [6.45, 7) is 0.533. The van der Waals surface area contributed by atoms with Crippen LogP contribution in [0.2, 0.25) is 0 Å².